The molecule has 0 bridgehead atoms. The third-order valence-corrected chi connectivity index (χ3v) is 4.02. The van der Waals surface area contributed by atoms with E-state index in [0.29, 0.717) is 37.4 Å². The molecule has 3 heterocycles. The normalized spacial score (nSPS) is 21.0. The molecule has 0 saturated carbocycles. The fourth-order valence-electron chi connectivity index (χ4n) is 2.62. The third kappa shape index (κ3) is 2.54. The molecule has 110 valence electrons. The molecule has 3 rings (SSSR count). The van der Waals surface area contributed by atoms with Crippen LogP contribution in [0.15, 0.2) is 18.3 Å². The van der Waals surface area contributed by atoms with Gasteiger partial charge in [-0.25, -0.2) is 4.79 Å². The molecule has 2 aliphatic heterocycles. The smallest absolute Gasteiger partial charge is 0.317 e. The summed E-state index contributed by atoms with van der Waals surface area (Å²) in [5.74, 6) is -0.136. The van der Waals surface area contributed by atoms with Gasteiger partial charge in [-0.1, -0.05) is 12.2 Å². The van der Waals surface area contributed by atoms with Gasteiger partial charge in [0.25, 0.3) is 5.91 Å². The molecule has 0 aromatic carbocycles. The molecular formula is C13H15N5O2S. The Morgan fingerprint density at radius 3 is 2.90 bits per heavy atom. The van der Waals surface area contributed by atoms with Crippen molar-refractivity contribution in [1.82, 2.24) is 20.1 Å². The first-order valence-corrected chi connectivity index (χ1v) is 7.06. The maximum atomic E-state index is 12.4. The molecule has 1 unspecified atom stereocenters. The summed E-state index contributed by atoms with van der Waals surface area (Å²) in [6, 6.07) is 3.32. The number of hydrogen-bond donors (Lipinski definition) is 2. The number of thiocarbonyl (C=S) groups is 1. The number of pyridine rings is 1. The second-order valence-corrected chi connectivity index (χ2v) is 5.52. The van der Waals surface area contributed by atoms with Crippen molar-refractivity contribution in [2.24, 2.45) is 5.73 Å². The summed E-state index contributed by atoms with van der Waals surface area (Å²) >= 11 is 4.86. The van der Waals surface area contributed by atoms with Gasteiger partial charge < -0.3 is 20.9 Å². The second kappa shape index (κ2) is 5.28. The van der Waals surface area contributed by atoms with E-state index in [2.05, 4.69) is 10.3 Å². The van der Waals surface area contributed by atoms with Gasteiger partial charge in [0.15, 0.2) is 0 Å². The number of carbonyl (C=O) groups excluding carboxylic acids is 2. The minimum atomic E-state index is -0.136. The van der Waals surface area contributed by atoms with Crippen LogP contribution in [0, 0.1) is 0 Å². The van der Waals surface area contributed by atoms with E-state index in [4.69, 9.17) is 18.0 Å². The Morgan fingerprint density at radius 1 is 1.43 bits per heavy atom. The molecule has 0 spiro atoms. The van der Waals surface area contributed by atoms with Crippen molar-refractivity contribution in [2.45, 2.75) is 6.04 Å². The summed E-state index contributed by atoms with van der Waals surface area (Å²) in [4.78, 5) is 31.8. The van der Waals surface area contributed by atoms with Gasteiger partial charge in [-0.15, -0.1) is 0 Å². The maximum absolute atomic E-state index is 12.4. The summed E-state index contributed by atoms with van der Waals surface area (Å²) < 4.78 is 0. The van der Waals surface area contributed by atoms with Crippen LogP contribution in [0.1, 0.15) is 16.1 Å². The number of urea groups is 1. The van der Waals surface area contributed by atoms with E-state index in [-0.39, 0.29) is 23.0 Å². The number of nitrogens with one attached hydrogen (secondary N) is 1. The topological polar surface area (TPSA) is 91.6 Å². The highest BCUT2D eigenvalue weighted by Crippen LogP contribution is 2.16. The predicted octanol–water partition coefficient (Wildman–Crippen LogP) is -0.435. The SMILES string of the molecule is NC(=S)c1ccc(C(=O)N2CCN3C(=O)NCC3C2)nc1. The van der Waals surface area contributed by atoms with Gasteiger partial charge in [0, 0.05) is 37.9 Å². The van der Waals surface area contributed by atoms with Crippen molar-refractivity contribution >= 4 is 29.1 Å². The summed E-state index contributed by atoms with van der Waals surface area (Å²) in [5.41, 5.74) is 6.50. The summed E-state index contributed by atoms with van der Waals surface area (Å²) in [7, 11) is 0. The van der Waals surface area contributed by atoms with Crippen molar-refractivity contribution in [2.75, 3.05) is 26.2 Å². The van der Waals surface area contributed by atoms with Gasteiger partial charge in [-0.3, -0.25) is 9.78 Å². The van der Waals surface area contributed by atoms with Gasteiger partial charge in [-0.05, 0) is 12.1 Å². The quantitative estimate of drug-likeness (QED) is 0.723. The van der Waals surface area contributed by atoms with Crippen molar-refractivity contribution < 1.29 is 9.59 Å². The molecule has 3 N–H and O–H groups in total. The fraction of sp³-hybridized carbons (Fsp3) is 0.385. The van der Waals surface area contributed by atoms with Crippen LogP contribution in [-0.2, 0) is 0 Å². The van der Waals surface area contributed by atoms with Gasteiger partial charge in [-0.2, -0.15) is 0 Å². The van der Waals surface area contributed by atoms with Crippen LogP contribution in [-0.4, -0.2) is 63.9 Å². The zero-order valence-corrected chi connectivity index (χ0v) is 12.1. The first kappa shape index (κ1) is 13.7. The molecule has 0 aliphatic carbocycles. The molecule has 8 heteroatoms. The van der Waals surface area contributed by atoms with Crippen molar-refractivity contribution in [3.8, 4) is 0 Å². The zero-order valence-electron chi connectivity index (χ0n) is 11.3. The van der Waals surface area contributed by atoms with Gasteiger partial charge in [0.1, 0.15) is 10.7 Å². The van der Waals surface area contributed by atoms with Gasteiger partial charge in [0.2, 0.25) is 0 Å². The Bertz CT molecular complexity index is 603. The highest BCUT2D eigenvalue weighted by Gasteiger charge is 2.37. The number of fused-ring (bicyclic) bond motifs is 1. The number of aromatic nitrogens is 1. The largest absolute Gasteiger partial charge is 0.389 e. The van der Waals surface area contributed by atoms with Crippen LogP contribution < -0.4 is 11.1 Å². The number of nitrogens with zero attached hydrogens (tertiary/aromatic N) is 3. The van der Waals surface area contributed by atoms with Crippen LogP contribution in [0.2, 0.25) is 0 Å². The molecule has 2 fully saturated rings. The van der Waals surface area contributed by atoms with Crippen LogP contribution in [0.3, 0.4) is 0 Å². The molecule has 7 nitrogen and oxygen atoms in total. The Hall–Kier alpha value is -2.22. The summed E-state index contributed by atoms with van der Waals surface area (Å²) in [6.45, 7) is 2.17. The number of nitrogens with two attached hydrogens (primary N) is 1. The van der Waals surface area contributed by atoms with E-state index in [1.165, 1.54) is 6.20 Å². The fourth-order valence-corrected chi connectivity index (χ4v) is 2.74. The van der Waals surface area contributed by atoms with Gasteiger partial charge >= 0.3 is 6.03 Å². The standard InChI is InChI=1S/C13H15N5O2S/c14-11(21)8-1-2-10(15-5-8)12(19)17-3-4-18-9(7-17)6-16-13(18)20/h1-2,5,9H,3-4,6-7H2,(H2,14,21)(H,16,20). The lowest BCUT2D eigenvalue weighted by Crippen LogP contribution is -2.53. The van der Waals surface area contributed by atoms with Crippen LogP contribution in [0.5, 0.6) is 0 Å². The van der Waals surface area contributed by atoms with Gasteiger partial charge in [0.05, 0.1) is 6.04 Å². The van der Waals surface area contributed by atoms with Crippen LogP contribution in [0.25, 0.3) is 0 Å². The molecule has 1 aromatic heterocycles. The summed E-state index contributed by atoms with van der Waals surface area (Å²) in [6.07, 6.45) is 1.51. The van der Waals surface area contributed by atoms with E-state index in [1.54, 1.807) is 21.9 Å². The highest BCUT2D eigenvalue weighted by atomic mass is 32.1. The molecular weight excluding hydrogens is 290 g/mol. The van der Waals surface area contributed by atoms with Crippen molar-refractivity contribution in [3.05, 3.63) is 29.6 Å². The predicted molar refractivity (Wildman–Crippen MR) is 79.9 cm³/mol. The van der Waals surface area contributed by atoms with Crippen LogP contribution in [0.4, 0.5) is 4.79 Å². The van der Waals surface area contributed by atoms with E-state index >= 15 is 0 Å². The molecule has 2 saturated heterocycles. The zero-order chi connectivity index (χ0) is 15.0. The van der Waals surface area contributed by atoms with E-state index in [9.17, 15) is 9.59 Å². The molecule has 2 aliphatic rings. The Balaban J connectivity index is 1.71. The van der Waals surface area contributed by atoms with E-state index < -0.39 is 0 Å². The Kier molecular flexibility index (Phi) is 3.46. The molecule has 1 aromatic rings. The number of hydrogen-bond acceptors (Lipinski definition) is 4. The number of piperazine rings is 1. The second-order valence-electron chi connectivity index (χ2n) is 5.08. The lowest BCUT2D eigenvalue weighted by atomic mass is 10.1. The first-order valence-electron chi connectivity index (χ1n) is 6.66. The first-order chi connectivity index (χ1) is 10.1. The lowest BCUT2D eigenvalue weighted by Gasteiger charge is -2.36. The third-order valence-electron chi connectivity index (χ3n) is 3.79. The Morgan fingerprint density at radius 2 is 2.24 bits per heavy atom. The molecule has 21 heavy (non-hydrogen) atoms. The van der Waals surface area contributed by atoms with Crippen molar-refractivity contribution in [1.29, 1.82) is 0 Å². The van der Waals surface area contributed by atoms with E-state index in [1.807, 2.05) is 0 Å². The number of carbonyl (C=O) groups is 2. The van der Waals surface area contributed by atoms with Crippen LogP contribution >= 0.6 is 12.2 Å². The number of amides is 3. The van der Waals surface area contributed by atoms with E-state index in [0.717, 1.165) is 0 Å². The average Bonchev–Trinajstić information content (AvgIpc) is 2.87. The number of rotatable bonds is 2. The lowest BCUT2D eigenvalue weighted by molar-refractivity contribution is 0.0611. The Labute approximate surface area is 127 Å². The van der Waals surface area contributed by atoms with Crippen molar-refractivity contribution in [3.63, 3.8) is 0 Å². The monoisotopic (exact) mass is 305 g/mol. The highest BCUT2D eigenvalue weighted by molar-refractivity contribution is 7.80. The summed E-state index contributed by atoms with van der Waals surface area (Å²) in [5, 5.41) is 2.79. The minimum absolute atomic E-state index is 0.0473. The molecule has 0 radical (unpaired) electrons. The molecule has 1 atom stereocenters. The minimum Gasteiger partial charge on any atom is -0.389 e. The average molecular weight is 305 g/mol. The molecule has 3 amide bonds. The maximum Gasteiger partial charge on any atom is 0.317 e.